The van der Waals surface area contributed by atoms with Crippen LogP contribution in [0.3, 0.4) is 0 Å². The molecule has 0 unspecified atom stereocenters. The Kier molecular flexibility index (Phi) is 5.96. The summed E-state index contributed by atoms with van der Waals surface area (Å²) in [5.41, 5.74) is 7.05. The number of thiocarbonyl (C=S) groups is 1. The number of nitrogens with zero attached hydrogens (tertiary/aromatic N) is 1. The van der Waals surface area contributed by atoms with E-state index in [2.05, 4.69) is 89.7 Å². The van der Waals surface area contributed by atoms with E-state index >= 15 is 0 Å². The van der Waals surface area contributed by atoms with Crippen molar-refractivity contribution in [3.05, 3.63) is 76.0 Å². The van der Waals surface area contributed by atoms with Crippen molar-refractivity contribution in [3.8, 4) is 11.8 Å². The van der Waals surface area contributed by atoms with Crippen LogP contribution in [0.15, 0.2) is 53.2 Å². The van der Waals surface area contributed by atoms with Gasteiger partial charge in [-0.05, 0) is 84.9 Å². The van der Waals surface area contributed by atoms with Crippen LogP contribution < -0.4 is 0 Å². The predicted molar refractivity (Wildman–Crippen MR) is 109 cm³/mol. The molecule has 0 atom stereocenters. The molecule has 1 aliphatic rings. The summed E-state index contributed by atoms with van der Waals surface area (Å²) in [6.45, 7) is 2.22. The monoisotopic (exact) mass is 343 g/mol. The van der Waals surface area contributed by atoms with Gasteiger partial charge in [0.1, 0.15) is 0 Å². The molecule has 124 valence electrons. The van der Waals surface area contributed by atoms with Gasteiger partial charge in [-0.25, -0.2) is 0 Å². The molecule has 2 aromatic rings. The minimum Gasteiger partial charge on any atom is -0.199 e. The molecule has 0 N–H and O–H groups in total. The molecule has 1 aliphatic carbocycles. The molecule has 0 heterocycles. The minimum absolute atomic E-state index is 0.909. The lowest BCUT2D eigenvalue weighted by molar-refractivity contribution is 0.795. The number of hydrogen-bond acceptors (Lipinski definition) is 2. The van der Waals surface area contributed by atoms with Crippen molar-refractivity contribution < 1.29 is 0 Å². The Labute approximate surface area is 155 Å². The summed E-state index contributed by atoms with van der Waals surface area (Å²) in [5.74, 6) is 6.56. The third-order valence-electron chi connectivity index (χ3n) is 4.43. The second kappa shape index (κ2) is 8.58. The third kappa shape index (κ3) is 4.77. The van der Waals surface area contributed by atoms with Crippen molar-refractivity contribution in [2.45, 2.75) is 39.0 Å². The van der Waals surface area contributed by atoms with E-state index < -0.39 is 0 Å². The van der Waals surface area contributed by atoms with Gasteiger partial charge in [0.25, 0.3) is 0 Å². The molecular weight excluding hydrogens is 322 g/mol. The second-order valence-corrected chi connectivity index (χ2v) is 6.49. The molecule has 25 heavy (non-hydrogen) atoms. The third-order valence-corrected chi connectivity index (χ3v) is 4.52. The fraction of sp³-hybridized carbons (Fsp3) is 0.261. The highest BCUT2D eigenvalue weighted by atomic mass is 32.1. The van der Waals surface area contributed by atoms with E-state index in [0.717, 1.165) is 36.1 Å². The molecule has 0 bridgehead atoms. The van der Waals surface area contributed by atoms with Crippen LogP contribution in [0.5, 0.6) is 0 Å². The summed E-state index contributed by atoms with van der Waals surface area (Å²) < 4.78 is 0. The smallest absolute Gasteiger partial charge is 0.0637 e. The fourth-order valence-corrected chi connectivity index (χ4v) is 3.10. The van der Waals surface area contributed by atoms with Gasteiger partial charge in [0, 0.05) is 11.1 Å². The molecular formula is C23H21NS. The van der Waals surface area contributed by atoms with Gasteiger partial charge in [-0.2, -0.15) is 4.99 Å². The number of fused-ring (bicyclic) bond motifs is 1. The molecule has 0 saturated heterocycles. The Morgan fingerprint density at radius 1 is 1.00 bits per heavy atom. The van der Waals surface area contributed by atoms with E-state index in [-0.39, 0.29) is 0 Å². The van der Waals surface area contributed by atoms with Gasteiger partial charge >= 0.3 is 0 Å². The summed E-state index contributed by atoms with van der Waals surface area (Å²) in [4.78, 5) is 4.10. The summed E-state index contributed by atoms with van der Waals surface area (Å²) >= 11 is 4.69. The minimum atomic E-state index is 0.909. The lowest BCUT2D eigenvalue weighted by Crippen LogP contribution is -1.98. The SMILES string of the molecule is CCCCc1ccc(C#Cc2ccc3c(c2)CCC(N=C=S)=C3)cc1. The molecule has 0 fully saturated rings. The fourth-order valence-electron chi connectivity index (χ4n) is 2.98. The average Bonchev–Trinajstić information content (AvgIpc) is 2.65. The highest BCUT2D eigenvalue weighted by molar-refractivity contribution is 7.78. The standard InChI is InChI=1S/C23H21NS/c1-2-3-4-18-5-7-19(8-6-18)9-10-20-11-12-22-16-23(24-17-25)14-13-21(22)15-20/h5-8,11-12,15-16H,2-4,13-14H2,1H3. The van der Waals surface area contributed by atoms with Crippen molar-refractivity contribution in [3.63, 3.8) is 0 Å². The van der Waals surface area contributed by atoms with E-state index in [0.29, 0.717) is 0 Å². The molecule has 3 rings (SSSR count). The molecule has 0 aromatic heterocycles. The van der Waals surface area contributed by atoms with Gasteiger partial charge in [0.2, 0.25) is 0 Å². The van der Waals surface area contributed by atoms with Gasteiger partial charge in [-0.3, -0.25) is 0 Å². The van der Waals surface area contributed by atoms with Crippen LogP contribution in [-0.4, -0.2) is 5.16 Å². The van der Waals surface area contributed by atoms with Crippen molar-refractivity contribution in [1.82, 2.24) is 0 Å². The number of isothiocyanates is 1. The van der Waals surface area contributed by atoms with Crippen LogP contribution in [-0.2, 0) is 12.8 Å². The van der Waals surface area contributed by atoms with Gasteiger partial charge < -0.3 is 0 Å². The first kappa shape index (κ1) is 17.4. The van der Waals surface area contributed by atoms with E-state index in [4.69, 9.17) is 0 Å². The first-order chi connectivity index (χ1) is 12.3. The molecule has 0 spiro atoms. The first-order valence-electron chi connectivity index (χ1n) is 8.81. The number of rotatable bonds is 4. The van der Waals surface area contributed by atoms with Crippen LogP contribution in [0.2, 0.25) is 0 Å². The zero-order valence-electron chi connectivity index (χ0n) is 14.5. The van der Waals surface area contributed by atoms with Gasteiger partial charge in [-0.15, -0.1) is 0 Å². The quantitative estimate of drug-likeness (QED) is 0.387. The Balaban J connectivity index is 1.75. The highest BCUT2D eigenvalue weighted by Crippen LogP contribution is 2.25. The number of unbranched alkanes of at least 4 members (excludes halogenated alkanes) is 1. The van der Waals surface area contributed by atoms with Crippen molar-refractivity contribution in [1.29, 1.82) is 0 Å². The molecule has 0 aliphatic heterocycles. The lowest BCUT2D eigenvalue weighted by atomic mass is 9.94. The Bertz CT molecular complexity index is 888. The van der Waals surface area contributed by atoms with Crippen LogP contribution in [0.25, 0.3) is 6.08 Å². The molecule has 0 radical (unpaired) electrons. The summed E-state index contributed by atoms with van der Waals surface area (Å²) in [6, 6.07) is 15.0. The van der Waals surface area contributed by atoms with Gasteiger partial charge in [0.15, 0.2) is 0 Å². The van der Waals surface area contributed by atoms with Crippen LogP contribution >= 0.6 is 12.2 Å². The number of aryl methyl sites for hydroxylation is 2. The highest BCUT2D eigenvalue weighted by Gasteiger charge is 2.09. The zero-order valence-corrected chi connectivity index (χ0v) is 15.3. The predicted octanol–water partition coefficient (Wildman–Crippen LogP) is 5.82. The normalized spacial score (nSPS) is 12.3. The van der Waals surface area contributed by atoms with Crippen LogP contribution in [0.1, 0.15) is 54.0 Å². The average molecular weight is 343 g/mol. The number of benzene rings is 2. The molecule has 0 saturated carbocycles. The maximum Gasteiger partial charge on any atom is 0.0637 e. The summed E-state index contributed by atoms with van der Waals surface area (Å²) in [6.07, 6.45) is 7.60. The topological polar surface area (TPSA) is 12.4 Å². The van der Waals surface area contributed by atoms with E-state index in [9.17, 15) is 0 Å². The van der Waals surface area contributed by atoms with Crippen LogP contribution in [0.4, 0.5) is 0 Å². The Morgan fingerprint density at radius 2 is 1.76 bits per heavy atom. The lowest BCUT2D eigenvalue weighted by Gasteiger charge is -2.13. The summed E-state index contributed by atoms with van der Waals surface area (Å²) in [5, 5.41) is 2.45. The first-order valence-corrected chi connectivity index (χ1v) is 9.21. The van der Waals surface area contributed by atoms with E-state index in [1.54, 1.807) is 0 Å². The maximum absolute atomic E-state index is 4.69. The summed E-state index contributed by atoms with van der Waals surface area (Å²) in [7, 11) is 0. The van der Waals surface area contributed by atoms with E-state index in [1.165, 1.54) is 29.5 Å². The molecule has 0 amide bonds. The largest absolute Gasteiger partial charge is 0.199 e. The van der Waals surface area contributed by atoms with Gasteiger partial charge in [-0.1, -0.05) is 43.4 Å². The molecule has 1 nitrogen and oxygen atoms in total. The maximum atomic E-state index is 4.69. The Morgan fingerprint density at radius 3 is 2.52 bits per heavy atom. The Hall–Kier alpha value is -2.46. The zero-order chi connectivity index (χ0) is 17.5. The van der Waals surface area contributed by atoms with Crippen molar-refractivity contribution >= 4 is 23.5 Å². The van der Waals surface area contributed by atoms with E-state index in [1.807, 2.05) is 0 Å². The van der Waals surface area contributed by atoms with Crippen molar-refractivity contribution in [2.75, 3.05) is 0 Å². The van der Waals surface area contributed by atoms with Gasteiger partial charge in [0.05, 0.1) is 10.9 Å². The van der Waals surface area contributed by atoms with Crippen LogP contribution in [0, 0.1) is 11.8 Å². The van der Waals surface area contributed by atoms with Crippen molar-refractivity contribution in [2.24, 2.45) is 4.99 Å². The number of allylic oxidation sites excluding steroid dienone is 1. The number of aliphatic imine (C=N–C) groups is 1. The number of hydrogen-bond donors (Lipinski definition) is 0. The molecule has 2 aromatic carbocycles. The second-order valence-electron chi connectivity index (χ2n) is 6.30. The molecule has 2 heteroatoms.